The van der Waals surface area contributed by atoms with Crippen molar-refractivity contribution in [1.82, 2.24) is 4.90 Å². The Morgan fingerprint density at radius 3 is 2.43 bits per heavy atom. The van der Waals surface area contributed by atoms with Gasteiger partial charge in [0, 0.05) is 22.7 Å². The number of hydrogen-bond donors (Lipinski definition) is 2. The first kappa shape index (κ1) is 17.2. The lowest BCUT2D eigenvalue weighted by molar-refractivity contribution is -0.120. The standard InChI is InChI=1S/C17H21N3O2S/c1-11-8-9-23-15(11)10-20(3)12(2)17(22)19-14-6-4-13(5-7-14)16(18)21/h4-9,12H,10H2,1-3H3,(H2,18,21)(H,19,22)/t12-/m1/s1. The summed E-state index contributed by atoms with van der Waals surface area (Å²) >= 11 is 1.70. The van der Waals surface area contributed by atoms with E-state index in [9.17, 15) is 9.59 Å². The quantitative estimate of drug-likeness (QED) is 0.854. The van der Waals surface area contributed by atoms with Crippen LogP contribution in [0, 0.1) is 6.92 Å². The van der Waals surface area contributed by atoms with E-state index in [4.69, 9.17) is 5.73 Å². The molecule has 6 heteroatoms. The van der Waals surface area contributed by atoms with Gasteiger partial charge in [-0.25, -0.2) is 0 Å². The van der Waals surface area contributed by atoms with Gasteiger partial charge in [-0.2, -0.15) is 0 Å². The zero-order valence-corrected chi connectivity index (χ0v) is 14.3. The molecule has 5 nitrogen and oxygen atoms in total. The molecule has 3 N–H and O–H groups in total. The first-order chi connectivity index (χ1) is 10.9. The number of anilines is 1. The van der Waals surface area contributed by atoms with Crippen molar-refractivity contribution in [3.63, 3.8) is 0 Å². The molecule has 1 aromatic carbocycles. The lowest BCUT2D eigenvalue weighted by Crippen LogP contribution is -2.39. The van der Waals surface area contributed by atoms with Gasteiger partial charge < -0.3 is 11.1 Å². The fraction of sp³-hybridized carbons (Fsp3) is 0.294. The van der Waals surface area contributed by atoms with Crippen molar-refractivity contribution in [3.8, 4) is 0 Å². The van der Waals surface area contributed by atoms with E-state index in [1.807, 2.05) is 18.9 Å². The smallest absolute Gasteiger partial charge is 0.248 e. The maximum atomic E-state index is 12.3. The van der Waals surface area contributed by atoms with Gasteiger partial charge in [-0.1, -0.05) is 0 Å². The van der Waals surface area contributed by atoms with Crippen molar-refractivity contribution in [3.05, 3.63) is 51.7 Å². The average molecular weight is 331 g/mol. The normalized spacial score (nSPS) is 12.2. The van der Waals surface area contributed by atoms with Crippen LogP contribution in [0.4, 0.5) is 5.69 Å². The highest BCUT2D eigenvalue weighted by Gasteiger charge is 2.19. The fourth-order valence-electron chi connectivity index (χ4n) is 2.09. The number of rotatable bonds is 6. The molecule has 2 aromatic rings. The number of carbonyl (C=O) groups excluding carboxylic acids is 2. The second-order valence-electron chi connectivity index (χ2n) is 5.55. The van der Waals surface area contributed by atoms with Crippen LogP contribution in [-0.2, 0) is 11.3 Å². The van der Waals surface area contributed by atoms with Crippen molar-refractivity contribution < 1.29 is 9.59 Å². The Labute approximate surface area is 140 Å². The van der Waals surface area contributed by atoms with Gasteiger partial charge >= 0.3 is 0 Å². The van der Waals surface area contributed by atoms with Crippen LogP contribution in [0.15, 0.2) is 35.7 Å². The largest absolute Gasteiger partial charge is 0.366 e. The van der Waals surface area contributed by atoms with Crippen LogP contribution in [-0.4, -0.2) is 29.8 Å². The second-order valence-corrected chi connectivity index (χ2v) is 6.55. The van der Waals surface area contributed by atoms with Crippen LogP contribution in [0.5, 0.6) is 0 Å². The van der Waals surface area contributed by atoms with E-state index in [1.54, 1.807) is 35.6 Å². The molecule has 0 spiro atoms. The van der Waals surface area contributed by atoms with Crippen molar-refractivity contribution in [2.45, 2.75) is 26.4 Å². The number of aryl methyl sites for hydroxylation is 1. The third-order valence-corrected chi connectivity index (χ3v) is 4.85. The number of benzene rings is 1. The van der Waals surface area contributed by atoms with Crippen molar-refractivity contribution in [2.24, 2.45) is 5.73 Å². The number of amides is 2. The predicted molar refractivity (Wildman–Crippen MR) is 93.6 cm³/mol. The number of nitrogens with two attached hydrogens (primary N) is 1. The van der Waals surface area contributed by atoms with Crippen LogP contribution >= 0.6 is 11.3 Å². The van der Waals surface area contributed by atoms with Crippen LogP contribution in [0.25, 0.3) is 0 Å². The summed E-state index contributed by atoms with van der Waals surface area (Å²) in [5, 5.41) is 4.91. The van der Waals surface area contributed by atoms with Gasteiger partial charge in [0.05, 0.1) is 6.04 Å². The molecule has 2 amide bonds. The topological polar surface area (TPSA) is 75.4 Å². The molecule has 2 rings (SSSR count). The molecule has 1 atom stereocenters. The molecular weight excluding hydrogens is 310 g/mol. The molecule has 0 unspecified atom stereocenters. The maximum Gasteiger partial charge on any atom is 0.248 e. The van der Waals surface area contributed by atoms with E-state index in [-0.39, 0.29) is 11.9 Å². The first-order valence-electron chi connectivity index (χ1n) is 7.32. The van der Waals surface area contributed by atoms with Crippen LogP contribution in [0.1, 0.15) is 27.7 Å². The number of nitrogens with one attached hydrogen (secondary N) is 1. The van der Waals surface area contributed by atoms with Crippen LogP contribution < -0.4 is 11.1 Å². The van der Waals surface area contributed by atoms with Gasteiger partial charge in [-0.15, -0.1) is 11.3 Å². The summed E-state index contributed by atoms with van der Waals surface area (Å²) in [5.74, 6) is -0.573. The van der Waals surface area contributed by atoms with E-state index in [2.05, 4.69) is 23.7 Å². The van der Waals surface area contributed by atoms with Crippen LogP contribution in [0.3, 0.4) is 0 Å². The van der Waals surface area contributed by atoms with E-state index in [0.29, 0.717) is 11.3 Å². The summed E-state index contributed by atoms with van der Waals surface area (Å²) in [7, 11) is 1.93. The third-order valence-electron chi connectivity index (χ3n) is 3.84. The molecule has 0 aliphatic rings. The molecule has 0 radical (unpaired) electrons. The Kier molecular flexibility index (Phi) is 5.52. The Morgan fingerprint density at radius 1 is 1.26 bits per heavy atom. The minimum atomic E-state index is -0.484. The summed E-state index contributed by atoms with van der Waals surface area (Å²) < 4.78 is 0. The summed E-state index contributed by atoms with van der Waals surface area (Å²) in [6.45, 7) is 4.68. The van der Waals surface area contributed by atoms with Gasteiger partial charge in [0.2, 0.25) is 11.8 Å². The predicted octanol–water partition coefficient (Wildman–Crippen LogP) is 2.61. The molecule has 0 aliphatic carbocycles. The summed E-state index contributed by atoms with van der Waals surface area (Å²) in [6, 6.07) is 8.36. The molecule has 0 saturated heterocycles. The lowest BCUT2D eigenvalue weighted by atomic mass is 10.2. The monoisotopic (exact) mass is 331 g/mol. The van der Waals surface area contributed by atoms with Crippen molar-refractivity contribution in [1.29, 1.82) is 0 Å². The van der Waals surface area contributed by atoms with E-state index >= 15 is 0 Å². The summed E-state index contributed by atoms with van der Waals surface area (Å²) in [4.78, 5) is 26.7. The summed E-state index contributed by atoms with van der Waals surface area (Å²) in [5.41, 5.74) is 7.51. The molecule has 122 valence electrons. The average Bonchev–Trinajstić information content (AvgIpc) is 2.92. The summed E-state index contributed by atoms with van der Waals surface area (Å²) in [6.07, 6.45) is 0. The molecule has 0 bridgehead atoms. The maximum absolute atomic E-state index is 12.3. The van der Waals surface area contributed by atoms with Gasteiger partial charge in [-0.05, 0) is 62.2 Å². The molecule has 0 saturated carbocycles. The van der Waals surface area contributed by atoms with Crippen molar-refractivity contribution in [2.75, 3.05) is 12.4 Å². The number of primary amides is 1. The third kappa shape index (κ3) is 4.40. The Balaban J connectivity index is 1.96. The molecular formula is C17H21N3O2S. The van der Waals surface area contributed by atoms with Gasteiger partial charge in [0.25, 0.3) is 0 Å². The zero-order valence-electron chi connectivity index (χ0n) is 13.5. The number of hydrogen-bond acceptors (Lipinski definition) is 4. The Bertz CT molecular complexity index is 694. The SMILES string of the molecule is Cc1ccsc1CN(C)[C@H](C)C(=O)Nc1ccc(C(N)=O)cc1. The second kappa shape index (κ2) is 7.39. The minimum Gasteiger partial charge on any atom is -0.366 e. The van der Waals surface area contributed by atoms with E-state index < -0.39 is 5.91 Å². The van der Waals surface area contributed by atoms with Crippen LogP contribution in [0.2, 0.25) is 0 Å². The highest BCUT2D eigenvalue weighted by Crippen LogP contribution is 2.18. The highest BCUT2D eigenvalue weighted by atomic mass is 32.1. The molecule has 1 aromatic heterocycles. The minimum absolute atomic E-state index is 0.0893. The van der Waals surface area contributed by atoms with Gasteiger partial charge in [0.15, 0.2) is 0 Å². The van der Waals surface area contributed by atoms with Gasteiger partial charge in [0.1, 0.15) is 0 Å². The fourth-order valence-corrected chi connectivity index (χ4v) is 3.06. The van der Waals surface area contributed by atoms with Gasteiger partial charge in [-0.3, -0.25) is 14.5 Å². The lowest BCUT2D eigenvalue weighted by Gasteiger charge is -2.23. The Morgan fingerprint density at radius 2 is 1.91 bits per heavy atom. The highest BCUT2D eigenvalue weighted by molar-refractivity contribution is 7.10. The molecule has 0 fully saturated rings. The van der Waals surface area contributed by atoms with E-state index in [1.165, 1.54) is 10.4 Å². The molecule has 23 heavy (non-hydrogen) atoms. The zero-order chi connectivity index (χ0) is 17.0. The number of carbonyl (C=O) groups is 2. The van der Waals surface area contributed by atoms with E-state index in [0.717, 1.165) is 6.54 Å². The van der Waals surface area contributed by atoms with Crippen molar-refractivity contribution >= 4 is 28.8 Å². The number of thiophene rings is 1. The number of likely N-dealkylation sites (N-methyl/N-ethyl adjacent to an activating group) is 1. The molecule has 1 heterocycles. The first-order valence-corrected chi connectivity index (χ1v) is 8.20. The molecule has 0 aliphatic heterocycles. The Hall–Kier alpha value is -2.18. The number of nitrogens with zero attached hydrogens (tertiary/aromatic N) is 1.